The van der Waals surface area contributed by atoms with Crippen molar-refractivity contribution in [1.82, 2.24) is 30.0 Å². The molecule has 5 aliphatic rings. The molecule has 5 aliphatic heterocycles. The fourth-order valence-corrected chi connectivity index (χ4v) is 7.78. The lowest BCUT2D eigenvalue weighted by Crippen LogP contribution is -2.44. The summed E-state index contributed by atoms with van der Waals surface area (Å²) in [5.41, 5.74) is 1.49. The van der Waals surface area contributed by atoms with E-state index >= 15 is 4.39 Å². The van der Waals surface area contributed by atoms with Crippen molar-refractivity contribution in [3.8, 4) is 17.3 Å². The number of nitrogens with zero attached hydrogens (tertiary/aromatic N) is 6. The summed E-state index contributed by atoms with van der Waals surface area (Å²) in [6.45, 7) is 2.71. The number of carbonyl (C=O) groups is 1. The van der Waals surface area contributed by atoms with Crippen LogP contribution < -0.4 is 9.64 Å². The maximum atomic E-state index is 16.9. The number of pyridine rings is 1. The van der Waals surface area contributed by atoms with Crippen molar-refractivity contribution in [3.05, 3.63) is 34.9 Å². The van der Waals surface area contributed by atoms with E-state index in [0.717, 1.165) is 19.4 Å². The fraction of sp³-hybridized carbons (Fsp3) is 0.516. The third-order valence-electron chi connectivity index (χ3n) is 9.58. The van der Waals surface area contributed by atoms with E-state index in [1.807, 2.05) is 4.90 Å². The summed E-state index contributed by atoms with van der Waals surface area (Å²) in [7, 11) is 0. The highest BCUT2D eigenvalue weighted by molar-refractivity contribution is 6.33. The number of H-pyrrole nitrogens is 1. The van der Waals surface area contributed by atoms with Gasteiger partial charge in [0.2, 0.25) is 0 Å². The van der Waals surface area contributed by atoms with E-state index < -0.39 is 23.6 Å². The molecule has 0 aliphatic carbocycles. The van der Waals surface area contributed by atoms with Gasteiger partial charge in [0.05, 0.1) is 48.4 Å². The summed E-state index contributed by atoms with van der Waals surface area (Å²) in [5.74, 6) is -0.570. The van der Waals surface area contributed by atoms with Gasteiger partial charge in [0.1, 0.15) is 29.8 Å². The number of benzene rings is 1. The number of rotatable bonds is 3. The SMILES string of the molecule is O=C1C[C@H]2CN(CCO2)c2nc(OC[C@@]34CCCN3C[C@H](F)C4)nc3c(F)c(ncc23)-c2c(c(Cl)cc3[nH]ncc23)CCCO1. The Labute approximate surface area is 262 Å². The van der Waals surface area contributed by atoms with E-state index in [4.69, 9.17) is 30.8 Å². The quantitative estimate of drug-likeness (QED) is 0.323. The van der Waals surface area contributed by atoms with E-state index in [1.54, 1.807) is 18.5 Å². The van der Waals surface area contributed by atoms with Crippen LogP contribution in [0.3, 0.4) is 0 Å². The van der Waals surface area contributed by atoms with E-state index in [0.29, 0.717) is 83.8 Å². The number of anilines is 1. The second-order valence-electron chi connectivity index (χ2n) is 12.4. The number of nitrogens with one attached hydrogen (secondary N) is 1. The largest absolute Gasteiger partial charge is 0.466 e. The van der Waals surface area contributed by atoms with Gasteiger partial charge in [-0.25, -0.2) is 8.78 Å². The molecular weight excluding hydrogens is 608 g/mol. The highest BCUT2D eigenvalue weighted by Gasteiger charge is 2.49. The van der Waals surface area contributed by atoms with Crippen LogP contribution in [0, 0.1) is 5.82 Å². The minimum atomic E-state index is -0.913. The Morgan fingerprint density at radius 2 is 2.07 bits per heavy atom. The van der Waals surface area contributed by atoms with E-state index in [1.165, 1.54) is 0 Å². The molecule has 236 valence electrons. The van der Waals surface area contributed by atoms with Gasteiger partial charge in [-0.05, 0) is 43.9 Å². The van der Waals surface area contributed by atoms with E-state index in [2.05, 4.69) is 25.1 Å². The van der Waals surface area contributed by atoms with Gasteiger partial charge < -0.3 is 19.1 Å². The van der Waals surface area contributed by atoms with Gasteiger partial charge in [-0.3, -0.25) is 19.8 Å². The smallest absolute Gasteiger partial charge is 0.319 e. The van der Waals surface area contributed by atoms with Crippen LogP contribution in [-0.4, -0.2) is 99.8 Å². The zero-order valence-electron chi connectivity index (χ0n) is 24.5. The Bertz CT molecular complexity index is 1810. The highest BCUT2D eigenvalue weighted by Crippen LogP contribution is 2.42. The van der Waals surface area contributed by atoms with Crippen LogP contribution in [0.15, 0.2) is 18.5 Å². The molecule has 1 N–H and O–H groups in total. The van der Waals surface area contributed by atoms with Crippen LogP contribution in [0.2, 0.25) is 5.02 Å². The molecule has 3 saturated heterocycles. The second-order valence-corrected chi connectivity index (χ2v) is 12.8. The van der Waals surface area contributed by atoms with Gasteiger partial charge in [0, 0.05) is 48.2 Å². The first-order valence-electron chi connectivity index (χ1n) is 15.4. The molecule has 0 radical (unpaired) electrons. The Kier molecular flexibility index (Phi) is 7.22. The van der Waals surface area contributed by atoms with Gasteiger partial charge in [0.15, 0.2) is 5.82 Å². The summed E-state index contributed by atoms with van der Waals surface area (Å²) in [5, 5.41) is 8.56. The molecular formula is C31H32ClF2N7O4. The topological polar surface area (TPSA) is 119 Å². The lowest BCUT2D eigenvalue weighted by molar-refractivity contribution is -0.147. The van der Waals surface area contributed by atoms with Crippen molar-refractivity contribution in [2.45, 2.75) is 56.3 Å². The normalized spacial score (nSPS) is 25.7. The van der Waals surface area contributed by atoms with Crippen molar-refractivity contribution in [1.29, 1.82) is 0 Å². The molecule has 1 aromatic carbocycles. The zero-order chi connectivity index (χ0) is 30.7. The van der Waals surface area contributed by atoms with Gasteiger partial charge in [0.25, 0.3) is 0 Å². The van der Waals surface area contributed by atoms with Gasteiger partial charge in [-0.1, -0.05) is 11.6 Å². The third kappa shape index (κ3) is 5.05. The Morgan fingerprint density at radius 3 is 2.98 bits per heavy atom. The number of aromatic amines is 1. The molecule has 0 saturated carbocycles. The monoisotopic (exact) mass is 639 g/mol. The first-order valence-corrected chi connectivity index (χ1v) is 15.8. The molecule has 8 heterocycles. The fourth-order valence-electron chi connectivity index (χ4n) is 7.48. The number of aromatic nitrogens is 5. The first-order chi connectivity index (χ1) is 21.9. The molecule has 9 rings (SSSR count). The van der Waals surface area contributed by atoms with E-state index in [-0.39, 0.29) is 42.8 Å². The third-order valence-corrected chi connectivity index (χ3v) is 9.91. The number of alkyl halides is 1. The summed E-state index contributed by atoms with van der Waals surface area (Å²) in [4.78, 5) is 30.8. The predicted molar refractivity (Wildman–Crippen MR) is 162 cm³/mol. The zero-order valence-corrected chi connectivity index (χ0v) is 25.3. The minimum absolute atomic E-state index is 0.000395. The van der Waals surface area contributed by atoms with Crippen LogP contribution in [0.25, 0.3) is 33.1 Å². The second kappa shape index (κ2) is 11.3. The number of carbonyl (C=O) groups excluding carboxylic acids is 1. The maximum Gasteiger partial charge on any atom is 0.319 e. The van der Waals surface area contributed by atoms with Gasteiger partial charge in [-0.15, -0.1) is 0 Å². The molecule has 14 heteroatoms. The average molecular weight is 640 g/mol. The number of hydrogen-bond donors (Lipinski definition) is 1. The number of esters is 1. The molecule has 4 aromatic rings. The van der Waals surface area contributed by atoms with Crippen molar-refractivity contribution < 1.29 is 27.8 Å². The van der Waals surface area contributed by atoms with E-state index in [9.17, 15) is 9.18 Å². The molecule has 45 heavy (non-hydrogen) atoms. The lowest BCUT2D eigenvalue weighted by Gasteiger charge is -2.34. The summed E-state index contributed by atoms with van der Waals surface area (Å²) in [6.07, 6.45) is 4.95. The van der Waals surface area contributed by atoms with Gasteiger partial charge >= 0.3 is 12.0 Å². The number of halogens is 3. The minimum Gasteiger partial charge on any atom is -0.466 e. The first kappa shape index (κ1) is 28.8. The van der Waals surface area contributed by atoms with Crippen molar-refractivity contribution in [2.24, 2.45) is 0 Å². The molecule has 6 bridgehead atoms. The Hall–Kier alpha value is -3.68. The average Bonchev–Trinajstić information content (AvgIpc) is 3.72. The van der Waals surface area contributed by atoms with Crippen molar-refractivity contribution in [3.63, 3.8) is 0 Å². The Morgan fingerprint density at radius 1 is 1.16 bits per heavy atom. The molecule has 0 unspecified atom stereocenters. The van der Waals surface area contributed by atoms with Crippen LogP contribution in [-0.2, 0) is 20.7 Å². The number of hydrogen-bond acceptors (Lipinski definition) is 10. The summed E-state index contributed by atoms with van der Waals surface area (Å²) < 4.78 is 49.1. The molecule has 11 nitrogen and oxygen atoms in total. The van der Waals surface area contributed by atoms with Crippen LogP contribution in [0.4, 0.5) is 14.6 Å². The van der Waals surface area contributed by atoms with Crippen molar-refractivity contribution in [2.75, 3.05) is 50.9 Å². The van der Waals surface area contributed by atoms with Crippen LogP contribution in [0.5, 0.6) is 6.01 Å². The molecule has 0 amide bonds. The highest BCUT2D eigenvalue weighted by atomic mass is 35.5. The van der Waals surface area contributed by atoms with Crippen LogP contribution in [0.1, 0.15) is 37.7 Å². The molecule has 3 atom stereocenters. The van der Waals surface area contributed by atoms with Crippen molar-refractivity contribution >= 4 is 45.2 Å². The number of fused-ring (bicyclic) bond motifs is 8. The molecule has 3 fully saturated rings. The summed E-state index contributed by atoms with van der Waals surface area (Å²) >= 11 is 6.75. The predicted octanol–water partition coefficient (Wildman–Crippen LogP) is 4.40. The molecule has 3 aromatic heterocycles. The van der Waals surface area contributed by atoms with Crippen LogP contribution >= 0.6 is 11.6 Å². The standard InChI is InChI=1S/C31H32ClF2N7O4/c32-22-10-23-20(13-36-39-23)25-19(22)3-1-7-44-24(42)9-18-15-40(6-8-43-18)29-21-12-35-28(25)26(34)27(21)37-30(38-29)45-16-31-4-2-5-41(31)14-17(33)11-31/h10,12-13,17-18H,1-9,11,14-16H2,(H,36,39)/t17-,18+,31+/m1/s1. The Balaban J connectivity index is 1.29. The number of morpholine rings is 1. The molecule has 0 spiro atoms. The maximum absolute atomic E-state index is 16.9. The number of ether oxygens (including phenoxy) is 3. The lowest BCUT2D eigenvalue weighted by atomic mass is 9.95. The summed E-state index contributed by atoms with van der Waals surface area (Å²) in [6, 6.07) is 1.75. The van der Waals surface area contributed by atoms with Gasteiger partial charge in [-0.2, -0.15) is 15.1 Å².